The van der Waals surface area contributed by atoms with E-state index in [0.29, 0.717) is 22.4 Å². The van der Waals surface area contributed by atoms with Gasteiger partial charge in [-0.3, -0.25) is 4.79 Å². The van der Waals surface area contributed by atoms with Crippen LogP contribution in [0.15, 0.2) is 78.5 Å². The van der Waals surface area contributed by atoms with E-state index < -0.39 is 5.41 Å². The summed E-state index contributed by atoms with van der Waals surface area (Å²) >= 11 is 1.18. The van der Waals surface area contributed by atoms with E-state index in [1.807, 2.05) is 81.4 Å². The van der Waals surface area contributed by atoms with Crippen molar-refractivity contribution in [3.05, 3.63) is 89.6 Å². The van der Waals surface area contributed by atoms with E-state index in [9.17, 15) is 10.1 Å². The van der Waals surface area contributed by atoms with Crippen LogP contribution >= 0.6 is 11.5 Å². The number of amides is 1. The first kappa shape index (κ1) is 21.4. The van der Waals surface area contributed by atoms with Gasteiger partial charge >= 0.3 is 0 Å². The monoisotopic (exact) mass is 438 g/mol. The van der Waals surface area contributed by atoms with Crippen molar-refractivity contribution in [2.75, 3.05) is 0 Å². The molecule has 0 aliphatic carbocycles. The summed E-state index contributed by atoms with van der Waals surface area (Å²) in [5, 5.41) is 17.1. The number of aromatic nitrogens is 2. The molecule has 0 radical (unpaired) electrons. The van der Waals surface area contributed by atoms with Crippen LogP contribution in [0.25, 0.3) is 26.9 Å². The third-order valence-electron chi connectivity index (χ3n) is 5.15. The second-order valence-electron chi connectivity index (χ2n) is 8.44. The minimum atomic E-state index is -0.460. The van der Waals surface area contributed by atoms with Crippen LogP contribution < -0.4 is 5.32 Å². The molecule has 4 rings (SSSR count). The molecule has 4 aromatic rings. The van der Waals surface area contributed by atoms with Gasteiger partial charge in [0.2, 0.25) is 0 Å². The van der Waals surface area contributed by atoms with Gasteiger partial charge in [0.15, 0.2) is 0 Å². The van der Waals surface area contributed by atoms with Gasteiger partial charge in [-0.25, -0.2) is 0 Å². The van der Waals surface area contributed by atoms with E-state index in [1.54, 1.807) is 12.1 Å². The maximum Gasteiger partial charge on any atom is 0.257 e. The first-order valence-electron chi connectivity index (χ1n) is 10.2. The average Bonchev–Trinajstić information content (AvgIpc) is 3.28. The van der Waals surface area contributed by atoms with E-state index >= 15 is 0 Å². The number of allylic oxidation sites excluding steroid dienone is 2. The summed E-state index contributed by atoms with van der Waals surface area (Å²) in [7, 11) is 0. The van der Waals surface area contributed by atoms with Crippen LogP contribution in [-0.2, 0) is 0 Å². The molecule has 3 aromatic carbocycles. The first-order chi connectivity index (χ1) is 15.4. The van der Waals surface area contributed by atoms with Crippen molar-refractivity contribution in [3.63, 3.8) is 0 Å². The molecule has 0 spiro atoms. The number of hydrogen-bond acceptors (Lipinski definition) is 5. The number of benzene rings is 3. The van der Waals surface area contributed by atoms with E-state index in [1.165, 1.54) is 11.5 Å². The fraction of sp³-hybridized carbons (Fsp3) is 0.154. The zero-order valence-corrected chi connectivity index (χ0v) is 18.9. The normalized spacial score (nSPS) is 12.2. The molecule has 1 aromatic heterocycles. The molecule has 0 unspecified atom stereocenters. The Morgan fingerprint density at radius 2 is 1.62 bits per heavy atom. The summed E-state index contributed by atoms with van der Waals surface area (Å²) in [5.74, 6) is -0.278. The molecule has 0 fully saturated rings. The minimum Gasteiger partial charge on any atom is -0.324 e. The lowest BCUT2D eigenvalue weighted by Crippen LogP contribution is -2.31. The first-order valence-corrected chi connectivity index (χ1v) is 11.0. The minimum absolute atomic E-state index is 0.278. The Morgan fingerprint density at radius 1 is 0.938 bits per heavy atom. The maximum absolute atomic E-state index is 13.2. The zero-order valence-electron chi connectivity index (χ0n) is 18.1. The van der Waals surface area contributed by atoms with Crippen molar-refractivity contribution in [1.82, 2.24) is 14.9 Å². The summed E-state index contributed by atoms with van der Waals surface area (Å²) in [6.07, 6.45) is 0. The summed E-state index contributed by atoms with van der Waals surface area (Å²) in [6.45, 7) is 5.94. The molecule has 32 heavy (non-hydrogen) atoms. The highest BCUT2D eigenvalue weighted by Gasteiger charge is 2.26. The van der Waals surface area contributed by atoms with Crippen LogP contribution in [0.2, 0.25) is 0 Å². The maximum atomic E-state index is 13.2. The number of rotatable bonds is 4. The second kappa shape index (κ2) is 8.74. The molecule has 6 heteroatoms. The molecular weight excluding hydrogens is 416 g/mol. The molecule has 1 N–H and O–H groups in total. The van der Waals surface area contributed by atoms with Crippen LogP contribution in [0.4, 0.5) is 0 Å². The summed E-state index contributed by atoms with van der Waals surface area (Å²) in [4.78, 5) is 13.2. The molecule has 0 aliphatic rings. The van der Waals surface area contributed by atoms with Crippen LogP contribution in [0.5, 0.6) is 0 Å². The van der Waals surface area contributed by atoms with Crippen molar-refractivity contribution >= 4 is 33.2 Å². The van der Waals surface area contributed by atoms with Gasteiger partial charge in [-0.2, -0.15) is 5.26 Å². The summed E-state index contributed by atoms with van der Waals surface area (Å²) in [6, 6.07) is 25.6. The number of nitrogens with one attached hydrogen (secondary N) is 1. The Kier molecular flexibility index (Phi) is 5.85. The fourth-order valence-corrected chi connectivity index (χ4v) is 4.19. The van der Waals surface area contributed by atoms with Crippen molar-refractivity contribution in [2.45, 2.75) is 20.8 Å². The SMILES string of the molecule is CC(C)(C)/C(NC(=O)c1cccc2nnsc12)=C(\C#N)c1ccc(-c2ccccc2)cc1. The van der Waals surface area contributed by atoms with Crippen LogP contribution in [0, 0.1) is 16.7 Å². The largest absolute Gasteiger partial charge is 0.324 e. The predicted octanol–water partition coefficient (Wildman–Crippen LogP) is 6.07. The molecule has 0 bridgehead atoms. The number of carbonyl (C=O) groups excluding carboxylic acids is 1. The Balaban J connectivity index is 1.73. The molecular formula is C26H22N4OS. The molecule has 1 heterocycles. The third-order valence-corrected chi connectivity index (χ3v) is 5.93. The van der Waals surface area contributed by atoms with Gasteiger partial charge < -0.3 is 5.32 Å². The number of hydrogen-bond donors (Lipinski definition) is 1. The Morgan fingerprint density at radius 3 is 2.28 bits per heavy atom. The second-order valence-corrected chi connectivity index (χ2v) is 9.19. The fourth-order valence-electron chi connectivity index (χ4n) is 3.51. The molecule has 0 atom stereocenters. The lowest BCUT2D eigenvalue weighted by atomic mass is 9.86. The summed E-state index contributed by atoms with van der Waals surface area (Å²) < 4.78 is 4.68. The van der Waals surface area contributed by atoms with Crippen molar-refractivity contribution in [2.24, 2.45) is 5.41 Å². The molecule has 1 amide bonds. The average molecular weight is 439 g/mol. The van der Waals surface area contributed by atoms with Gasteiger partial charge in [0.25, 0.3) is 5.91 Å². The Bertz CT molecular complexity index is 1340. The number of fused-ring (bicyclic) bond motifs is 1. The lowest BCUT2D eigenvalue weighted by molar-refractivity contribution is 0.0960. The van der Waals surface area contributed by atoms with Gasteiger partial charge in [0.1, 0.15) is 11.6 Å². The molecule has 0 aliphatic heterocycles. The quantitative estimate of drug-likeness (QED) is 0.392. The Hall–Kier alpha value is -3.82. The smallest absolute Gasteiger partial charge is 0.257 e. The number of nitrogens with zero attached hydrogens (tertiary/aromatic N) is 3. The van der Waals surface area contributed by atoms with Gasteiger partial charge in [-0.1, -0.05) is 85.9 Å². The van der Waals surface area contributed by atoms with Crippen molar-refractivity contribution < 1.29 is 4.79 Å². The molecule has 0 saturated heterocycles. The van der Waals surface area contributed by atoms with E-state index in [-0.39, 0.29) is 5.91 Å². The van der Waals surface area contributed by atoms with Gasteiger partial charge in [-0.15, -0.1) is 5.10 Å². The van der Waals surface area contributed by atoms with E-state index in [0.717, 1.165) is 21.4 Å². The zero-order chi connectivity index (χ0) is 22.7. The molecule has 158 valence electrons. The molecule has 5 nitrogen and oxygen atoms in total. The van der Waals surface area contributed by atoms with Gasteiger partial charge in [0, 0.05) is 11.1 Å². The van der Waals surface area contributed by atoms with Crippen molar-refractivity contribution in [1.29, 1.82) is 5.26 Å². The highest BCUT2D eigenvalue weighted by molar-refractivity contribution is 7.13. The number of carbonyl (C=O) groups is 1. The van der Waals surface area contributed by atoms with Gasteiger partial charge in [0.05, 0.1) is 15.8 Å². The highest BCUT2D eigenvalue weighted by atomic mass is 32.1. The standard InChI is InChI=1S/C26H22N4OS/c1-26(2,3)24(28-25(31)20-10-7-11-22-23(20)32-30-29-22)21(16-27)19-14-12-18(13-15-19)17-8-5-4-6-9-17/h4-15H,1-3H3,(H,28,31)/b24-21-. The van der Waals surface area contributed by atoms with Crippen LogP contribution in [-0.4, -0.2) is 15.5 Å². The van der Waals surface area contributed by atoms with Gasteiger partial charge in [-0.05, 0) is 40.4 Å². The third kappa shape index (κ3) is 4.29. The lowest BCUT2D eigenvalue weighted by Gasteiger charge is -2.25. The Labute approximate surface area is 191 Å². The van der Waals surface area contributed by atoms with E-state index in [2.05, 4.69) is 21.0 Å². The van der Waals surface area contributed by atoms with Crippen LogP contribution in [0.1, 0.15) is 36.7 Å². The number of nitriles is 1. The van der Waals surface area contributed by atoms with Crippen LogP contribution in [0.3, 0.4) is 0 Å². The highest BCUT2D eigenvalue weighted by Crippen LogP contribution is 2.32. The summed E-state index contributed by atoms with van der Waals surface area (Å²) in [5.41, 5.74) is 4.67. The predicted molar refractivity (Wildman–Crippen MR) is 129 cm³/mol. The van der Waals surface area contributed by atoms with E-state index in [4.69, 9.17) is 0 Å². The topological polar surface area (TPSA) is 78.7 Å². The molecule has 0 saturated carbocycles. The van der Waals surface area contributed by atoms with Crippen molar-refractivity contribution in [3.8, 4) is 17.2 Å².